The summed E-state index contributed by atoms with van der Waals surface area (Å²) < 4.78 is 1.91. The van der Waals surface area contributed by atoms with Gasteiger partial charge in [-0.3, -0.25) is 4.98 Å². The van der Waals surface area contributed by atoms with Gasteiger partial charge in [0.15, 0.2) is 5.01 Å². The number of likely N-dealkylation sites (N-methyl/N-ethyl adjacent to an activating group) is 1. The highest BCUT2D eigenvalue weighted by atomic mass is 32.1. The van der Waals surface area contributed by atoms with Crippen LogP contribution in [0.3, 0.4) is 0 Å². The predicted octanol–water partition coefficient (Wildman–Crippen LogP) is 3.37. The number of anilines is 2. The van der Waals surface area contributed by atoms with Crippen molar-refractivity contribution in [2.75, 3.05) is 56.5 Å². The Hall–Kier alpha value is -3.77. The van der Waals surface area contributed by atoms with E-state index in [2.05, 4.69) is 62.3 Å². The van der Waals surface area contributed by atoms with Crippen molar-refractivity contribution < 1.29 is 4.79 Å². The Balaban J connectivity index is 1.10. The van der Waals surface area contributed by atoms with Crippen LogP contribution >= 0.6 is 11.3 Å². The highest BCUT2D eigenvalue weighted by Gasteiger charge is 2.49. The fourth-order valence-electron chi connectivity index (χ4n) is 6.03. The van der Waals surface area contributed by atoms with Crippen molar-refractivity contribution in [1.29, 1.82) is 0 Å². The molecule has 2 bridgehead atoms. The standard InChI is InChI=1S/C28H34N10OS/c1-18(2)31-23-14-24(25-7-6-19-5-4-8-30-38(19)25)29-15-22(23)26-32-33-27(40-26)36-16-20-13-21(17-36)37(20)28(39)35-11-9-34(3)10-12-35/h4-8,14-15,18,20-21H,9-13,16-17H2,1-3H3,(H,29,31). The van der Waals surface area contributed by atoms with Crippen molar-refractivity contribution in [2.24, 2.45) is 0 Å². The first kappa shape index (κ1) is 25.2. The van der Waals surface area contributed by atoms with E-state index in [1.807, 2.05) is 39.9 Å². The average Bonchev–Trinajstić information content (AvgIpc) is 3.61. The zero-order chi connectivity index (χ0) is 27.4. The molecule has 0 aromatic carbocycles. The summed E-state index contributed by atoms with van der Waals surface area (Å²) in [4.78, 5) is 26.7. The molecule has 4 fully saturated rings. The second kappa shape index (κ2) is 10.0. The van der Waals surface area contributed by atoms with Crippen LogP contribution in [0, 0.1) is 0 Å². The second-order valence-electron chi connectivity index (χ2n) is 11.3. The largest absolute Gasteiger partial charge is 0.382 e. The number of piperazine rings is 2. The first-order valence-electron chi connectivity index (χ1n) is 14.0. The first-order valence-corrected chi connectivity index (χ1v) is 14.8. The topological polar surface area (TPSA) is 98.0 Å². The number of rotatable bonds is 5. The van der Waals surface area contributed by atoms with E-state index in [4.69, 9.17) is 4.98 Å². The van der Waals surface area contributed by atoms with E-state index in [9.17, 15) is 4.79 Å². The Morgan fingerprint density at radius 3 is 2.65 bits per heavy atom. The lowest BCUT2D eigenvalue weighted by molar-refractivity contribution is 0.0128. The third-order valence-corrected chi connectivity index (χ3v) is 9.15. The number of hydrogen-bond donors (Lipinski definition) is 1. The Labute approximate surface area is 237 Å². The number of carbonyl (C=O) groups excluding carboxylic acids is 1. The van der Waals surface area contributed by atoms with Crippen LogP contribution in [0.1, 0.15) is 20.3 Å². The number of carbonyl (C=O) groups is 1. The maximum absolute atomic E-state index is 13.2. The maximum Gasteiger partial charge on any atom is 0.320 e. The van der Waals surface area contributed by atoms with Crippen molar-refractivity contribution in [3.8, 4) is 22.0 Å². The van der Waals surface area contributed by atoms with Crippen molar-refractivity contribution in [1.82, 2.24) is 39.5 Å². The van der Waals surface area contributed by atoms with Gasteiger partial charge in [0.2, 0.25) is 5.13 Å². The number of amides is 2. The number of pyridine rings is 1. The highest BCUT2D eigenvalue weighted by molar-refractivity contribution is 7.18. The van der Waals surface area contributed by atoms with Gasteiger partial charge in [0.1, 0.15) is 0 Å². The fourth-order valence-corrected chi connectivity index (χ4v) is 6.91. The van der Waals surface area contributed by atoms with Gasteiger partial charge in [-0.25, -0.2) is 9.31 Å². The third-order valence-electron chi connectivity index (χ3n) is 8.13. The smallest absolute Gasteiger partial charge is 0.320 e. The third kappa shape index (κ3) is 4.44. The molecule has 8 rings (SSSR count). The molecule has 0 aliphatic carbocycles. The summed E-state index contributed by atoms with van der Waals surface area (Å²) in [6.07, 6.45) is 4.74. The van der Waals surface area contributed by atoms with Gasteiger partial charge in [0.05, 0.1) is 34.6 Å². The van der Waals surface area contributed by atoms with E-state index in [-0.39, 0.29) is 24.2 Å². The van der Waals surface area contributed by atoms with E-state index < -0.39 is 0 Å². The lowest BCUT2D eigenvalue weighted by atomic mass is 9.88. The number of piperidine rings is 1. The number of fused-ring (bicyclic) bond motifs is 3. The van der Waals surface area contributed by atoms with Gasteiger partial charge in [0, 0.05) is 63.4 Å². The molecule has 4 aliphatic rings. The van der Waals surface area contributed by atoms with Crippen molar-refractivity contribution in [3.05, 3.63) is 42.7 Å². The minimum atomic E-state index is 0.202. The Kier molecular flexibility index (Phi) is 6.31. The normalized spacial score (nSPS) is 21.2. The number of hydrogen-bond acceptors (Lipinski definition) is 9. The summed E-state index contributed by atoms with van der Waals surface area (Å²) in [7, 11) is 2.11. The molecule has 0 saturated carbocycles. The fraction of sp³-hybridized carbons (Fsp3) is 0.464. The van der Waals surface area contributed by atoms with Gasteiger partial charge in [-0.1, -0.05) is 11.3 Å². The molecular formula is C28H34N10OS. The van der Waals surface area contributed by atoms with Crippen molar-refractivity contribution >= 4 is 33.7 Å². The number of nitrogens with one attached hydrogen (secondary N) is 1. The molecule has 4 aliphatic heterocycles. The van der Waals surface area contributed by atoms with Crippen LogP contribution in [0.25, 0.3) is 27.5 Å². The number of urea groups is 1. The molecule has 2 amide bonds. The highest BCUT2D eigenvalue weighted by Crippen LogP contribution is 2.39. The molecule has 4 saturated heterocycles. The molecule has 0 spiro atoms. The maximum atomic E-state index is 13.2. The van der Waals surface area contributed by atoms with Crippen LogP contribution in [-0.4, -0.2) is 110 Å². The van der Waals surface area contributed by atoms with Crippen LogP contribution < -0.4 is 10.2 Å². The molecule has 4 aromatic heterocycles. The Morgan fingerprint density at radius 1 is 1.07 bits per heavy atom. The summed E-state index contributed by atoms with van der Waals surface area (Å²) in [6.45, 7) is 9.35. The van der Waals surface area contributed by atoms with Gasteiger partial charge >= 0.3 is 6.03 Å². The van der Waals surface area contributed by atoms with Gasteiger partial charge in [-0.05, 0) is 57.6 Å². The van der Waals surface area contributed by atoms with Crippen LogP contribution in [-0.2, 0) is 0 Å². The summed E-state index contributed by atoms with van der Waals surface area (Å²) in [6, 6.07) is 11.1. The summed E-state index contributed by atoms with van der Waals surface area (Å²) >= 11 is 1.59. The Bertz CT molecular complexity index is 1530. The van der Waals surface area contributed by atoms with E-state index in [1.165, 1.54) is 0 Å². The average molecular weight is 559 g/mol. The monoisotopic (exact) mass is 558 g/mol. The summed E-state index contributed by atoms with van der Waals surface area (Å²) in [5.41, 5.74) is 4.72. The van der Waals surface area contributed by atoms with E-state index in [1.54, 1.807) is 17.5 Å². The molecule has 12 heteroatoms. The predicted molar refractivity (Wildman–Crippen MR) is 157 cm³/mol. The van der Waals surface area contributed by atoms with Gasteiger partial charge in [-0.2, -0.15) is 5.10 Å². The molecule has 2 unspecified atom stereocenters. The van der Waals surface area contributed by atoms with Gasteiger partial charge in [-0.15, -0.1) is 10.2 Å². The molecule has 0 radical (unpaired) electrons. The van der Waals surface area contributed by atoms with Crippen molar-refractivity contribution in [2.45, 2.75) is 38.4 Å². The Morgan fingerprint density at radius 2 is 1.88 bits per heavy atom. The molecule has 1 N–H and O–H groups in total. The van der Waals surface area contributed by atoms with E-state index >= 15 is 0 Å². The molecule has 2 atom stereocenters. The van der Waals surface area contributed by atoms with E-state index in [0.29, 0.717) is 0 Å². The van der Waals surface area contributed by atoms with Crippen LogP contribution in [0.15, 0.2) is 42.7 Å². The summed E-state index contributed by atoms with van der Waals surface area (Å²) in [5.74, 6) is 0. The quantitative estimate of drug-likeness (QED) is 0.398. The van der Waals surface area contributed by atoms with E-state index in [0.717, 1.165) is 84.0 Å². The zero-order valence-electron chi connectivity index (χ0n) is 23.1. The van der Waals surface area contributed by atoms with Gasteiger partial charge < -0.3 is 24.9 Å². The molecule has 8 heterocycles. The molecular weight excluding hydrogens is 524 g/mol. The minimum absolute atomic E-state index is 0.202. The molecule has 40 heavy (non-hydrogen) atoms. The lowest BCUT2D eigenvalue weighted by Crippen LogP contribution is -2.72. The second-order valence-corrected chi connectivity index (χ2v) is 12.3. The zero-order valence-corrected chi connectivity index (χ0v) is 23.9. The first-order chi connectivity index (χ1) is 19.4. The minimum Gasteiger partial charge on any atom is -0.382 e. The number of nitrogens with zero attached hydrogens (tertiary/aromatic N) is 9. The molecule has 208 valence electrons. The van der Waals surface area contributed by atoms with Crippen LogP contribution in [0.5, 0.6) is 0 Å². The van der Waals surface area contributed by atoms with Crippen LogP contribution in [0.2, 0.25) is 0 Å². The molecule has 11 nitrogen and oxygen atoms in total. The van der Waals surface area contributed by atoms with Gasteiger partial charge in [0.25, 0.3) is 0 Å². The summed E-state index contributed by atoms with van der Waals surface area (Å²) in [5, 5.41) is 19.0. The van der Waals surface area contributed by atoms with Crippen molar-refractivity contribution in [3.63, 3.8) is 0 Å². The molecule has 4 aromatic rings. The SMILES string of the molecule is CC(C)Nc1cc(-c2ccc3cccnn23)ncc1-c1nnc(N2CC3CC(C2)N3C(=O)N2CCN(C)CC2)s1. The van der Waals surface area contributed by atoms with Crippen LogP contribution in [0.4, 0.5) is 15.6 Å². The number of aromatic nitrogens is 5. The lowest BCUT2D eigenvalue weighted by Gasteiger charge is -2.57.